The summed E-state index contributed by atoms with van der Waals surface area (Å²) in [6, 6.07) is 0. The minimum Gasteiger partial charge on any atom is -0.103 e. The van der Waals surface area contributed by atoms with Crippen molar-refractivity contribution in [3.8, 4) is 0 Å². The van der Waals surface area contributed by atoms with E-state index in [4.69, 9.17) is 0 Å². The summed E-state index contributed by atoms with van der Waals surface area (Å²) >= 11 is 0. The molecule has 0 aromatic carbocycles. The Balaban J connectivity index is 4.10. The fraction of sp³-hybridized carbons (Fsp3) is 0.818. The summed E-state index contributed by atoms with van der Waals surface area (Å²) in [5.41, 5.74) is 0.442. The van der Waals surface area contributed by atoms with Crippen molar-refractivity contribution < 1.29 is 0 Å². The lowest BCUT2D eigenvalue weighted by Gasteiger charge is -2.30. The second-order valence-electron chi connectivity index (χ2n) is 3.97. The zero-order chi connectivity index (χ0) is 8.91. The Bertz CT molecular complexity index is 111. The highest BCUT2D eigenvalue weighted by Crippen LogP contribution is 2.34. The molecule has 0 saturated carbocycles. The third-order valence-corrected chi connectivity index (χ3v) is 2.80. The van der Waals surface area contributed by atoms with Gasteiger partial charge in [0.25, 0.3) is 0 Å². The monoisotopic (exact) mass is 154 g/mol. The van der Waals surface area contributed by atoms with Crippen LogP contribution in [-0.4, -0.2) is 0 Å². The summed E-state index contributed by atoms with van der Waals surface area (Å²) in [6.07, 6.45) is 5.90. The fourth-order valence-electron chi connectivity index (χ4n) is 1.40. The third kappa shape index (κ3) is 3.09. The van der Waals surface area contributed by atoms with Gasteiger partial charge in [0.2, 0.25) is 0 Å². The topological polar surface area (TPSA) is 0 Å². The lowest BCUT2D eigenvalue weighted by atomic mass is 9.75. The summed E-state index contributed by atoms with van der Waals surface area (Å²) in [4.78, 5) is 0. The van der Waals surface area contributed by atoms with Crippen molar-refractivity contribution in [2.24, 2.45) is 11.3 Å². The van der Waals surface area contributed by atoms with Crippen molar-refractivity contribution in [3.05, 3.63) is 12.7 Å². The Morgan fingerprint density at radius 1 is 1.36 bits per heavy atom. The molecule has 0 heteroatoms. The lowest BCUT2D eigenvalue weighted by Crippen LogP contribution is -2.21. The molecule has 0 aliphatic carbocycles. The summed E-state index contributed by atoms with van der Waals surface area (Å²) in [5, 5.41) is 0. The Morgan fingerprint density at radius 2 is 1.91 bits per heavy atom. The van der Waals surface area contributed by atoms with Crippen LogP contribution in [0.15, 0.2) is 12.7 Å². The van der Waals surface area contributed by atoms with Gasteiger partial charge in [-0.2, -0.15) is 0 Å². The number of hydrogen-bond acceptors (Lipinski definition) is 0. The van der Waals surface area contributed by atoms with Gasteiger partial charge in [-0.3, -0.25) is 0 Å². The molecule has 0 bridgehead atoms. The SMILES string of the molecule is C=CC(CCC)C(C)(C)CC. The van der Waals surface area contributed by atoms with E-state index >= 15 is 0 Å². The first kappa shape index (κ1) is 10.7. The van der Waals surface area contributed by atoms with Crippen molar-refractivity contribution in [3.63, 3.8) is 0 Å². The van der Waals surface area contributed by atoms with Crippen LogP contribution in [0.2, 0.25) is 0 Å². The Labute approximate surface area is 71.7 Å². The molecule has 66 valence electrons. The molecule has 0 rings (SSSR count). The van der Waals surface area contributed by atoms with Crippen molar-refractivity contribution in [2.45, 2.75) is 47.0 Å². The molecule has 0 fully saturated rings. The van der Waals surface area contributed by atoms with Crippen molar-refractivity contribution in [1.82, 2.24) is 0 Å². The first-order valence-electron chi connectivity index (χ1n) is 4.71. The minimum absolute atomic E-state index is 0.442. The smallest absolute Gasteiger partial charge is 0.0185 e. The molecule has 0 heterocycles. The lowest BCUT2D eigenvalue weighted by molar-refractivity contribution is 0.235. The van der Waals surface area contributed by atoms with Gasteiger partial charge in [0.15, 0.2) is 0 Å². The normalized spacial score (nSPS) is 14.5. The summed E-state index contributed by atoms with van der Waals surface area (Å²) in [7, 11) is 0. The van der Waals surface area contributed by atoms with Gasteiger partial charge >= 0.3 is 0 Å². The largest absolute Gasteiger partial charge is 0.103 e. The van der Waals surface area contributed by atoms with Crippen LogP contribution in [0.4, 0.5) is 0 Å². The van der Waals surface area contributed by atoms with Crippen LogP contribution in [0.25, 0.3) is 0 Å². The van der Waals surface area contributed by atoms with Crippen LogP contribution in [-0.2, 0) is 0 Å². The van der Waals surface area contributed by atoms with E-state index in [9.17, 15) is 0 Å². The highest BCUT2D eigenvalue weighted by molar-refractivity contribution is 4.89. The van der Waals surface area contributed by atoms with Crippen LogP contribution in [0, 0.1) is 11.3 Å². The third-order valence-electron chi connectivity index (χ3n) is 2.80. The Hall–Kier alpha value is -0.260. The van der Waals surface area contributed by atoms with Gasteiger partial charge in [-0.1, -0.05) is 46.6 Å². The van der Waals surface area contributed by atoms with E-state index in [2.05, 4.69) is 40.3 Å². The highest BCUT2D eigenvalue weighted by Gasteiger charge is 2.23. The van der Waals surface area contributed by atoms with Crippen molar-refractivity contribution >= 4 is 0 Å². The summed E-state index contributed by atoms with van der Waals surface area (Å²) < 4.78 is 0. The molecular weight excluding hydrogens is 132 g/mol. The molecule has 0 spiro atoms. The van der Waals surface area contributed by atoms with E-state index in [-0.39, 0.29) is 0 Å². The Morgan fingerprint density at radius 3 is 2.18 bits per heavy atom. The summed E-state index contributed by atoms with van der Waals surface area (Å²) in [5.74, 6) is 0.692. The molecule has 0 saturated heterocycles. The van der Waals surface area contributed by atoms with E-state index in [1.165, 1.54) is 19.3 Å². The maximum Gasteiger partial charge on any atom is -0.0185 e. The molecule has 0 nitrogen and oxygen atoms in total. The highest BCUT2D eigenvalue weighted by atomic mass is 14.3. The number of allylic oxidation sites excluding steroid dienone is 1. The van der Waals surface area contributed by atoms with E-state index in [1.54, 1.807) is 0 Å². The van der Waals surface area contributed by atoms with Crippen molar-refractivity contribution in [2.75, 3.05) is 0 Å². The van der Waals surface area contributed by atoms with Crippen molar-refractivity contribution in [1.29, 1.82) is 0 Å². The van der Waals surface area contributed by atoms with Gasteiger partial charge in [-0.05, 0) is 17.8 Å². The van der Waals surface area contributed by atoms with Gasteiger partial charge in [0, 0.05) is 0 Å². The molecular formula is C11H22. The van der Waals surface area contributed by atoms with E-state index in [0.29, 0.717) is 11.3 Å². The number of hydrogen-bond donors (Lipinski definition) is 0. The first-order valence-corrected chi connectivity index (χ1v) is 4.71. The molecule has 0 aromatic rings. The van der Waals surface area contributed by atoms with Crippen LogP contribution in [0.3, 0.4) is 0 Å². The van der Waals surface area contributed by atoms with Gasteiger partial charge in [-0.15, -0.1) is 6.58 Å². The summed E-state index contributed by atoms with van der Waals surface area (Å²) in [6.45, 7) is 13.0. The predicted molar refractivity (Wildman–Crippen MR) is 52.7 cm³/mol. The van der Waals surface area contributed by atoms with E-state index < -0.39 is 0 Å². The van der Waals surface area contributed by atoms with Gasteiger partial charge in [-0.25, -0.2) is 0 Å². The van der Waals surface area contributed by atoms with Crippen LogP contribution >= 0.6 is 0 Å². The van der Waals surface area contributed by atoms with Gasteiger partial charge in [0.1, 0.15) is 0 Å². The van der Waals surface area contributed by atoms with E-state index in [1.807, 2.05) is 0 Å². The molecule has 1 unspecified atom stereocenters. The fourth-order valence-corrected chi connectivity index (χ4v) is 1.40. The van der Waals surface area contributed by atoms with Crippen LogP contribution < -0.4 is 0 Å². The molecule has 1 atom stereocenters. The minimum atomic E-state index is 0.442. The average Bonchev–Trinajstić information content (AvgIpc) is 2.00. The quantitative estimate of drug-likeness (QED) is 0.524. The molecule has 0 aliphatic rings. The molecule has 0 aromatic heterocycles. The van der Waals surface area contributed by atoms with Gasteiger partial charge < -0.3 is 0 Å². The van der Waals surface area contributed by atoms with E-state index in [0.717, 1.165) is 0 Å². The standard InChI is InChI=1S/C11H22/c1-6-9-10(7-2)11(4,5)8-3/h7,10H,2,6,8-9H2,1,3-5H3. The average molecular weight is 154 g/mol. The zero-order valence-electron chi connectivity index (χ0n) is 8.48. The molecule has 11 heavy (non-hydrogen) atoms. The first-order chi connectivity index (χ1) is 5.08. The maximum atomic E-state index is 3.89. The molecule has 0 N–H and O–H groups in total. The maximum absolute atomic E-state index is 3.89. The predicted octanol–water partition coefficient (Wildman–Crippen LogP) is 4.02. The van der Waals surface area contributed by atoms with Crippen LogP contribution in [0.5, 0.6) is 0 Å². The zero-order valence-corrected chi connectivity index (χ0v) is 8.48. The molecule has 0 radical (unpaired) electrons. The van der Waals surface area contributed by atoms with Gasteiger partial charge in [0.05, 0.1) is 0 Å². The molecule has 0 amide bonds. The number of rotatable bonds is 5. The van der Waals surface area contributed by atoms with Crippen LogP contribution in [0.1, 0.15) is 47.0 Å². The second kappa shape index (κ2) is 4.58. The molecule has 0 aliphatic heterocycles. The second-order valence-corrected chi connectivity index (χ2v) is 3.97. The Kier molecular flexibility index (Phi) is 4.48.